The molecule has 6 heteroatoms. The van der Waals surface area contributed by atoms with E-state index in [0.29, 0.717) is 0 Å². The van der Waals surface area contributed by atoms with Crippen LogP contribution >= 0.6 is 0 Å². The number of carbonyl (C=O) groups is 1. The molecule has 0 aromatic carbocycles. The first-order valence-corrected chi connectivity index (χ1v) is 3.52. The molecule has 13 heavy (non-hydrogen) atoms. The standard InChI is InChI=1S/C7H8N2O4/c8-7(6(10)11)3-1-5(2-4-7)9(12)13/h1-3H,4,8H2,(H,10,11). The van der Waals surface area contributed by atoms with E-state index in [0.717, 1.165) is 12.2 Å². The molecule has 0 aromatic rings. The maximum absolute atomic E-state index is 10.6. The van der Waals surface area contributed by atoms with Crippen LogP contribution in [0.25, 0.3) is 0 Å². The highest BCUT2D eigenvalue weighted by molar-refractivity contribution is 5.82. The number of hydrogen-bond donors (Lipinski definition) is 2. The molecule has 0 aliphatic heterocycles. The number of carboxylic acids is 1. The zero-order valence-corrected chi connectivity index (χ0v) is 6.64. The monoisotopic (exact) mass is 184 g/mol. The number of nitrogens with two attached hydrogens (primary N) is 1. The second-order valence-corrected chi connectivity index (χ2v) is 2.77. The Bertz CT molecular complexity index is 320. The van der Waals surface area contributed by atoms with E-state index in [2.05, 4.69) is 0 Å². The molecule has 0 fully saturated rings. The Balaban J connectivity index is 2.85. The molecule has 0 radical (unpaired) electrons. The first-order valence-electron chi connectivity index (χ1n) is 3.52. The van der Waals surface area contributed by atoms with E-state index in [1.807, 2.05) is 0 Å². The van der Waals surface area contributed by atoms with Gasteiger partial charge in [0, 0.05) is 12.5 Å². The van der Waals surface area contributed by atoms with Gasteiger partial charge in [0.15, 0.2) is 0 Å². The van der Waals surface area contributed by atoms with Gasteiger partial charge in [0.2, 0.25) is 0 Å². The van der Waals surface area contributed by atoms with Crippen LogP contribution < -0.4 is 5.73 Å². The largest absolute Gasteiger partial charge is 0.480 e. The molecule has 6 nitrogen and oxygen atoms in total. The van der Waals surface area contributed by atoms with Crippen LogP contribution in [-0.2, 0) is 4.79 Å². The molecule has 1 unspecified atom stereocenters. The van der Waals surface area contributed by atoms with E-state index in [-0.39, 0.29) is 12.1 Å². The van der Waals surface area contributed by atoms with Crippen LogP contribution in [0, 0.1) is 10.1 Å². The summed E-state index contributed by atoms with van der Waals surface area (Å²) >= 11 is 0. The summed E-state index contributed by atoms with van der Waals surface area (Å²) in [6.07, 6.45) is 3.38. The van der Waals surface area contributed by atoms with E-state index in [4.69, 9.17) is 10.8 Å². The molecule has 0 heterocycles. The molecule has 1 rings (SSSR count). The number of nitro groups is 1. The highest BCUT2D eigenvalue weighted by Crippen LogP contribution is 2.18. The van der Waals surface area contributed by atoms with Crippen molar-refractivity contribution >= 4 is 5.97 Å². The molecule has 1 aliphatic carbocycles. The first kappa shape index (κ1) is 9.40. The second-order valence-electron chi connectivity index (χ2n) is 2.77. The van der Waals surface area contributed by atoms with Crippen molar-refractivity contribution in [2.45, 2.75) is 12.0 Å². The van der Waals surface area contributed by atoms with Gasteiger partial charge in [-0.3, -0.25) is 10.1 Å². The number of hydrogen-bond acceptors (Lipinski definition) is 4. The van der Waals surface area contributed by atoms with Crippen molar-refractivity contribution in [2.75, 3.05) is 0 Å². The van der Waals surface area contributed by atoms with Crippen molar-refractivity contribution in [2.24, 2.45) is 5.73 Å². The Hall–Kier alpha value is -1.69. The molecule has 3 N–H and O–H groups in total. The van der Waals surface area contributed by atoms with E-state index in [1.165, 1.54) is 6.08 Å². The summed E-state index contributed by atoms with van der Waals surface area (Å²) in [4.78, 5) is 20.2. The third-order valence-corrected chi connectivity index (χ3v) is 1.81. The summed E-state index contributed by atoms with van der Waals surface area (Å²) in [6, 6.07) is 0. The first-order chi connectivity index (χ1) is 5.96. The lowest BCUT2D eigenvalue weighted by Crippen LogP contribution is -2.46. The predicted molar refractivity (Wildman–Crippen MR) is 43.4 cm³/mol. The summed E-state index contributed by atoms with van der Waals surface area (Å²) in [5.74, 6) is -1.19. The smallest absolute Gasteiger partial charge is 0.328 e. The number of rotatable bonds is 2. The lowest BCUT2D eigenvalue weighted by Gasteiger charge is -2.20. The molecule has 0 saturated heterocycles. The van der Waals surface area contributed by atoms with Gasteiger partial charge in [-0.2, -0.15) is 0 Å². The molecule has 0 bridgehead atoms. The SMILES string of the molecule is NC1(C(=O)O)C=CC([N+](=O)[O-])=CC1. The number of aliphatic carboxylic acids is 1. The fourth-order valence-corrected chi connectivity index (χ4v) is 0.938. The van der Waals surface area contributed by atoms with E-state index in [1.54, 1.807) is 0 Å². The van der Waals surface area contributed by atoms with Gasteiger partial charge in [0.1, 0.15) is 5.54 Å². The van der Waals surface area contributed by atoms with Crippen molar-refractivity contribution in [1.82, 2.24) is 0 Å². The normalized spacial score (nSPS) is 26.7. The molecule has 0 aromatic heterocycles. The lowest BCUT2D eigenvalue weighted by molar-refractivity contribution is -0.419. The molecule has 0 saturated carbocycles. The topological polar surface area (TPSA) is 106 Å². The van der Waals surface area contributed by atoms with Gasteiger partial charge < -0.3 is 10.8 Å². The summed E-state index contributed by atoms with van der Waals surface area (Å²) in [5, 5.41) is 18.9. The molecule has 0 amide bonds. The van der Waals surface area contributed by atoms with Gasteiger partial charge in [-0.05, 0) is 12.2 Å². The van der Waals surface area contributed by atoms with Crippen molar-refractivity contribution < 1.29 is 14.8 Å². The van der Waals surface area contributed by atoms with Gasteiger partial charge in [0.25, 0.3) is 5.70 Å². The number of nitrogens with zero attached hydrogens (tertiary/aromatic N) is 1. The second kappa shape index (κ2) is 2.98. The minimum Gasteiger partial charge on any atom is -0.480 e. The molecular weight excluding hydrogens is 176 g/mol. The van der Waals surface area contributed by atoms with Crippen molar-refractivity contribution in [3.8, 4) is 0 Å². The van der Waals surface area contributed by atoms with Gasteiger partial charge in [-0.25, -0.2) is 4.79 Å². The summed E-state index contributed by atoms with van der Waals surface area (Å²) in [5.41, 5.74) is 3.79. The third kappa shape index (κ3) is 1.73. The Kier molecular flexibility index (Phi) is 2.16. The minimum absolute atomic E-state index is 0.0604. The van der Waals surface area contributed by atoms with Gasteiger partial charge in [-0.15, -0.1) is 0 Å². The van der Waals surface area contributed by atoms with Gasteiger partial charge in [-0.1, -0.05) is 0 Å². The van der Waals surface area contributed by atoms with Crippen LogP contribution in [0.1, 0.15) is 6.42 Å². The Morgan fingerprint density at radius 2 is 2.38 bits per heavy atom. The number of allylic oxidation sites excluding steroid dienone is 1. The zero-order valence-electron chi connectivity index (χ0n) is 6.64. The quantitative estimate of drug-likeness (QED) is 0.460. The maximum atomic E-state index is 10.6. The highest BCUT2D eigenvalue weighted by atomic mass is 16.6. The average Bonchev–Trinajstić information content (AvgIpc) is 2.04. The molecule has 1 aliphatic rings. The fraction of sp³-hybridized carbons (Fsp3) is 0.286. The highest BCUT2D eigenvalue weighted by Gasteiger charge is 2.33. The summed E-state index contributed by atoms with van der Waals surface area (Å²) in [7, 11) is 0. The van der Waals surface area contributed by atoms with Gasteiger partial charge >= 0.3 is 5.97 Å². The van der Waals surface area contributed by atoms with Crippen LogP contribution in [0.4, 0.5) is 0 Å². The Morgan fingerprint density at radius 3 is 2.69 bits per heavy atom. The van der Waals surface area contributed by atoms with Crippen LogP contribution in [-0.4, -0.2) is 21.5 Å². The molecule has 70 valence electrons. The predicted octanol–water partition coefficient (Wildman–Crippen LogP) is -0.111. The summed E-state index contributed by atoms with van der Waals surface area (Å²) in [6.45, 7) is 0. The fourth-order valence-electron chi connectivity index (χ4n) is 0.938. The van der Waals surface area contributed by atoms with Crippen LogP contribution in [0.5, 0.6) is 0 Å². The van der Waals surface area contributed by atoms with E-state index >= 15 is 0 Å². The zero-order chi connectivity index (χ0) is 10.1. The molecule has 0 spiro atoms. The lowest BCUT2D eigenvalue weighted by atomic mass is 9.92. The maximum Gasteiger partial charge on any atom is 0.328 e. The van der Waals surface area contributed by atoms with Crippen LogP contribution in [0.3, 0.4) is 0 Å². The minimum atomic E-state index is -1.50. The van der Waals surface area contributed by atoms with Crippen molar-refractivity contribution in [3.05, 3.63) is 34.0 Å². The van der Waals surface area contributed by atoms with Crippen LogP contribution in [0.15, 0.2) is 23.9 Å². The van der Waals surface area contributed by atoms with Crippen LogP contribution in [0.2, 0.25) is 0 Å². The van der Waals surface area contributed by atoms with Crippen molar-refractivity contribution in [1.29, 1.82) is 0 Å². The Morgan fingerprint density at radius 1 is 1.77 bits per heavy atom. The molecule has 1 atom stereocenters. The third-order valence-electron chi connectivity index (χ3n) is 1.81. The van der Waals surface area contributed by atoms with Crippen molar-refractivity contribution in [3.63, 3.8) is 0 Å². The summed E-state index contributed by atoms with van der Waals surface area (Å²) < 4.78 is 0. The van der Waals surface area contributed by atoms with E-state index < -0.39 is 16.4 Å². The Labute approximate surface area is 73.5 Å². The van der Waals surface area contributed by atoms with E-state index in [9.17, 15) is 14.9 Å². The number of carboxylic acid groups (broad SMARTS) is 1. The molecular formula is C7H8N2O4. The van der Waals surface area contributed by atoms with Gasteiger partial charge in [0.05, 0.1) is 4.92 Å². The average molecular weight is 184 g/mol.